The Bertz CT molecular complexity index is 362. The van der Waals surface area contributed by atoms with Crippen LogP contribution in [0.4, 0.5) is 11.4 Å². The number of benzene rings is 1. The van der Waals surface area contributed by atoms with Crippen LogP contribution >= 0.6 is 0 Å². The topological polar surface area (TPSA) is 52.6 Å². The minimum absolute atomic E-state index is 0.0531. The highest BCUT2D eigenvalue weighted by atomic mass is 16.4. The molecule has 0 spiro atoms. The Kier molecular flexibility index (Phi) is 3.55. The number of hydrogen-bond acceptors (Lipinski definition) is 3. The summed E-state index contributed by atoms with van der Waals surface area (Å²) in [4.78, 5) is 12.6. The number of anilines is 2. The molecule has 0 radical (unpaired) electrons. The SMILES string of the molecule is CNc1ccc(CC(=O)O)c(N(C)C)c1. The number of aliphatic carboxylic acids is 1. The maximum Gasteiger partial charge on any atom is 0.307 e. The van der Waals surface area contributed by atoms with Gasteiger partial charge in [-0.3, -0.25) is 4.79 Å². The maximum atomic E-state index is 10.7. The Morgan fingerprint density at radius 1 is 1.47 bits per heavy atom. The Morgan fingerprint density at radius 2 is 2.13 bits per heavy atom. The molecule has 4 nitrogen and oxygen atoms in total. The van der Waals surface area contributed by atoms with Crippen molar-refractivity contribution in [3.05, 3.63) is 23.8 Å². The third-order valence-electron chi connectivity index (χ3n) is 2.20. The lowest BCUT2D eigenvalue weighted by molar-refractivity contribution is -0.136. The fraction of sp³-hybridized carbons (Fsp3) is 0.364. The van der Waals surface area contributed by atoms with E-state index in [1.54, 1.807) is 0 Å². The normalized spacial score (nSPS) is 9.80. The summed E-state index contributed by atoms with van der Waals surface area (Å²) >= 11 is 0. The summed E-state index contributed by atoms with van der Waals surface area (Å²) in [6.07, 6.45) is 0.0531. The summed E-state index contributed by atoms with van der Waals surface area (Å²) in [5.41, 5.74) is 2.74. The molecule has 0 heterocycles. The number of carbonyl (C=O) groups is 1. The molecule has 1 rings (SSSR count). The summed E-state index contributed by atoms with van der Waals surface area (Å²) < 4.78 is 0. The molecule has 0 fully saturated rings. The van der Waals surface area contributed by atoms with E-state index in [0.29, 0.717) is 0 Å². The number of carboxylic acid groups (broad SMARTS) is 1. The summed E-state index contributed by atoms with van der Waals surface area (Å²) in [6.45, 7) is 0. The Labute approximate surface area is 89.5 Å². The lowest BCUT2D eigenvalue weighted by atomic mass is 10.1. The first-order valence-electron chi connectivity index (χ1n) is 4.74. The highest BCUT2D eigenvalue weighted by Gasteiger charge is 2.08. The first-order valence-corrected chi connectivity index (χ1v) is 4.74. The van der Waals surface area contributed by atoms with Crippen molar-refractivity contribution in [1.82, 2.24) is 0 Å². The predicted octanol–water partition coefficient (Wildman–Crippen LogP) is 1.42. The molecule has 82 valence electrons. The molecule has 1 aromatic carbocycles. The van der Waals surface area contributed by atoms with E-state index >= 15 is 0 Å². The van der Waals surface area contributed by atoms with Crippen LogP contribution in [0.15, 0.2) is 18.2 Å². The van der Waals surface area contributed by atoms with Crippen LogP contribution in [0.1, 0.15) is 5.56 Å². The largest absolute Gasteiger partial charge is 0.481 e. The van der Waals surface area contributed by atoms with Gasteiger partial charge in [-0.15, -0.1) is 0 Å². The monoisotopic (exact) mass is 208 g/mol. The number of hydrogen-bond donors (Lipinski definition) is 2. The molecule has 0 unspecified atom stereocenters. The molecule has 15 heavy (non-hydrogen) atoms. The van der Waals surface area contributed by atoms with E-state index < -0.39 is 5.97 Å². The highest BCUT2D eigenvalue weighted by Crippen LogP contribution is 2.23. The van der Waals surface area contributed by atoms with Gasteiger partial charge in [0.2, 0.25) is 0 Å². The first kappa shape index (κ1) is 11.4. The summed E-state index contributed by atoms with van der Waals surface area (Å²) in [6, 6.07) is 5.67. The van der Waals surface area contributed by atoms with Crippen LogP contribution in [0.2, 0.25) is 0 Å². The quantitative estimate of drug-likeness (QED) is 0.785. The minimum Gasteiger partial charge on any atom is -0.481 e. The number of rotatable bonds is 4. The average Bonchev–Trinajstić information content (AvgIpc) is 2.17. The fourth-order valence-electron chi connectivity index (χ4n) is 1.45. The van der Waals surface area contributed by atoms with Gasteiger partial charge in [0.15, 0.2) is 0 Å². The third-order valence-corrected chi connectivity index (χ3v) is 2.20. The molecule has 0 aliphatic carbocycles. The molecule has 1 aromatic rings. The average molecular weight is 208 g/mol. The zero-order valence-corrected chi connectivity index (χ0v) is 9.24. The van der Waals surface area contributed by atoms with Crippen molar-refractivity contribution in [2.75, 3.05) is 31.4 Å². The number of nitrogens with zero attached hydrogens (tertiary/aromatic N) is 1. The molecule has 4 heteroatoms. The van der Waals surface area contributed by atoms with Crippen molar-refractivity contribution >= 4 is 17.3 Å². The van der Waals surface area contributed by atoms with Crippen LogP contribution in [0, 0.1) is 0 Å². The standard InChI is InChI=1S/C11H16N2O2/c1-12-9-5-4-8(6-11(14)15)10(7-9)13(2)3/h4-5,7,12H,6H2,1-3H3,(H,14,15). The van der Waals surface area contributed by atoms with E-state index in [1.165, 1.54) is 0 Å². The summed E-state index contributed by atoms with van der Waals surface area (Å²) in [7, 11) is 5.64. The predicted molar refractivity (Wildman–Crippen MR) is 61.7 cm³/mol. The van der Waals surface area contributed by atoms with Gasteiger partial charge >= 0.3 is 5.97 Å². The van der Waals surface area contributed by atoms with Crippen molar-refractivity contribution in [1.29, 1.82) is 0 Å². The fourth-order valence-corrected chi connectivity index (χ4v) is 1.45. The summed E-state index contributed by atoms with van der Waals surface area (Å²) in [5, 5.41) is 11.8. The molecule has 2 N–H and O–H groups in total. The molecule has 0 aromatic heterocycles. The zero-order chi connectivity index (χ0) is 11.4. The van der Waals surface area contributed by atoms with Gasteiger partial charge in [0.25, 0.3) is 0 Å². The lowest BCUT2D eigenvalue weighted by Gasteiger charge is -2.18. The van der Waals surface area contributed by atoms with Crippen LogP contribution in [-0.2, 0) is 11.2 Å². The van der Waals surface area contributed by atoms with Crippen molar-refractivity contribution in [2.24, 2.45) is 0 Å². The Morgan fingerprint density at radius 3 is 2.60 bits per heavy atom. The number of carboxylic acids is 1. The van der Waals surface area contributed by atoms with Crippen molar-refractivity contribution in [3.8, 4) is 0 Å². The van der Waals surface area contributed by atoms with E-state index in [4.69, 9.17) is 5.11 Å². The summed E-state index contributed by atoms with van der Waals surface area (Å²) in [5.74, 6) is -0.810. The lowest BCUT2D eigenvalue weighted by Crippen LogP contribution is -2.13. The van der Waals surface area contributed by atoms with Gasteiger partial charge in [-0.2, -0.15) is 0 Å². The highest BCUT2D eigenvalue weighted by molar-refractivity contribution is 5.75. The van der Waals surface area contributed by atoms with Crippen LogP contribution in [0.3, 0.4) is 0 Å². The minimum atomic E-state index is -0.810. The van der Waals surface area contributed by atoms with Gasteiger partial charge in [0.1, 0.15) is 0 Å². The second kappa shape index (κ2) is 4.68. The van der Waals surface area contributed by atoms with Gasteiger partial charge in [0, 0.05) is 32.5 Å². The van der Waals surface area contributed by atoms with Crippen LogP contribution < -0.4 is 10.2 Å². The van der Waals surface area contributed by atoms with Crippen LogP contribution in [0.25, 0.3) is 0 Å². The third kappa shape index (κ3) is 2.87. The molecular weight excluding hydrogens is 192 g/mol. The molecule has 0 aliphatic heterocycles. The van der Waals surface area contributed by atoms with Gasteiger partial charge in [-0.1, -0.05) is 6.07 Å². The molecule has 0 bridgehead atoms. The van der Waals surface area contributed by atoms with E-state index in [1.807, 2.05) is 44.2 Å². The molecule has 0 aliphatic rings. The molecular formula is C11H16N2O2. The van der Waals surface area contributed by atoms with E-state index in [2.05, 4.69) is 5.32 Å². The molecule has 0 amide bonds. The molecule has 0 saturated carbocycles. The van der Waals surface area contributed by atoms with Gasteiger partial charge in [0.05, 0.1) is 6.42 Å². The van der Waals surface area contributed by atoms with Crippen LogP contribution in [0.5, 0.6) is 0 Å². The van der Waals surface area contributed by atoms with Crippen molar-refractivity contribution < 1.29 is 9.90 Å². The van der Waals surface area contributed by atoms with E-state index in [0.717, 1.165) is 16.9 Å². The van der Waals surface area contributed by atoms with Gasteiger partial charge < -0.3 is 15.3 Å². The zero-order valence-electron chi connectivity index (χ0n) is 9.24. The van der Waals surface area contributed by atoms with Gasteiger partial charge in [-0.25, -0.2) is 0 Å². The maximum absolute atomic E-state index is 10.7. The first-order chi connectivity index (χ1) is 7.04. The Balaban J connectivity index is 3.09. The second-order valence-electron chi connectivity index (χ2n) is 3.56. The Hall–Kier alpha value is -1.71. The van der Waals surface area contributed by atoms with Crippen molar-refractivity contribution in [2.45, 2.75) is 6.42 Å². The van der Waals surface area contributed by atoms with E-state index in [-0.39, 0.29) is 6.42 Å². The smallest absolute Gasteiger partial charge is 0.307 e. The van der Waals surface area contributed by atoms with E-state index in [9.17, 15) is 4.79 Å². The van der Waals surface area contributed by atoms with Gasteiger partial charge in [-0.05, 0) is 17.7 Å². The number of nitrogens with one attached hydrogen (secondary N) is 1. The molecule has 0 atom stereocenters. The van der Waals surface area contributed by atoms with Crippen molar-refractivity contribution in [3.63, 3.8) is 0 Å². The van der Waals surface area contributed by atoms with Crippen LogP contribution in [-0.4, -0.2) is 32.2 Å². The molecule has 0 saturated heterocycles. The second-order valence-corrected chi connectivity index (χ2v) is 3.56.